The van der Waals surface area contributed by atoms with Gasteiger partial charge in [0, 0.05) is 100 Å². The van der Waals surface area contributed by atoms with Gasteiger partial charge in [0.1, 0.15) is 40.4 Å². The number of anilines is 4. The molecular weight excluding hydrogens is 898 g/mol. The highest BCUT2D eigenvalue weighted by Gasteiger charge is 2.56. The van der Waals surface area contributed by atoms with Gasteiger partial charge in [0.15, 0.2) is 0 Å². The Hall–Kier alpha value is -7.38. The summed E-state index contributed by atoms with van der Waals surface area (Å²) >= 11 is 0. The van der Waals surface area contributed by atoms with Crippen LogP contribution in [0.25, 0.3) is 10.9 Å². The van der Waals surface area contributed by atoms with E-state index in [-0.39, 0.29) is 24.0 Å². The third kappa shape index (κ3) is 9.37. The Labute approximate surface area is 403 Å². The number of hydrogen-bond acceptors (Lipinski definition) is 14. The molecular formula is C51H54FN11O7. The quantitative estimate of drug-likeness (QED) is 0.0808. The normalized spacial score (nSPS) is 21.6. The van der Waals surface area contributed by atoms with Crippen LogP contribution in [0.4, 0.5) is 27.4 Å². The van der Waals surface area contributed by atoms with Crippen LogP contribution in [0.3, 0.4) is 0 Å². The summed E-state index contributed by atoms with van der Waals surface area (Å²) in [5, 5.41) is 11.9. The third-order valence-corrected chi connectivity index (χ3v) is 14.4. The van der Waals surface area contributed by atoms with E-state index in [9.17, 15) is 33.2 Å². The molecule has 7 heterocycles. The first-order valence-corrected chi connectivity index (χ1v) is 23.9. The first kappa shape index (κ1) is 46.4. The van der Waals surface area contributed by atoms with E-state index in [1.54, 1.807) is 42.7 Å². The highest BCUT2D eigenvalue weighted by Crippen LogP contribution is 2.47. The molecule has 5 aliphatic rings. The number of imide groups is 2. The van der Waals surface area contributed by atoms with Crippen LogP contribution in [0, 0.1) is 17.2 Å². The van der Waals surface area contributed by atoms with E-state index in [1.807, 2.05) is 6.07 Å². The van der Waals surface area contributed by atoms with E-state index < -0.39 is 52.7 Å². The van der Waals surface area contributed by atoms with Gasteiger partial charge in [-0.2, -0.15) is 0 Å². The topological polar surface area (TPSA) is 211 Å². The van der Waals surface area contributed by atoms with E-state index in [0.29, 0.717) is 72.6 Å². The Morgan fingerprint density at radius 2 is 1.49 bits per heavy atom. The van der Waals surface area contributed by atoms with Crippen molar-refractivity contribution >= 4 is 69.4 Å². The molecule has 2 aromatic carbocycles. The maximum atomic E-state index is 13.5. The van der Waals surface area contributed by atoms with Crippen molar-refractivity contribution in [2.75, 3.05) is 66.7 Å². The summed E-state index contributed by atoms with van der Waals surface area (Å²) in [6.45, 7) is 10.3. The molecule has 362 valence electrons. The van der Waals surface area contributed by atoms with Crippen molar-refractivity contribution < 1.29 is 37.9 Å². The molecule has 5 aromatic rings. The minimum Gasteiger partial charge on any atom is -0.457 e. The Morgan fingerprint density at radius 1 is 0.814 bits per heavy atom. The molecule has 19 heteroatoms. The maximum absolute atomic E-state index is 13.5. The van der Waals surface area contributed by atoms with Gasteiger partial charge in [0.2, 0.25) is 23.6 Å². The number of carbonyl (C=O) groups is 6. The smallest absolute Gasteiger partial charge is 0.266 e. The monoisotopic (exact) mass is 951 g/mol. The molecule has 1 aliphatic carbocycles. The third-order valence-electron chi connectivity index (χ3n) is 14.4. The number of pyridine rings is 3. The van der Waals surface area contributed by atoms with Gasteiger partial charge in [-0.3, -0.25) is 53.8 Å². The van der Waals surface area contributed by atoms with E-state index in [4.69, 9.17) is 9.72 Å². The number of piperazine rings is 1. The van der Waals surface area contributed by atoms with Crippen molar-refractivity contribution in [3.05, 3.63) is 102 Å². The lowest BCUT2D eigenvalue weighted by Gasteiger charge is -2.46. The van der Waals surface area contributed by atoms with Gasteiger partial charge in [-0.05, 0) is 113 Å². The van der Waals surface area contributed by atoms with Crippen molar-refractivity contribution in [3.63, 3.8) is 0 Å². The number of ether oxygens (including phenoxy) is 1. The van der Waals surface area contributed by atoms with Crippen molar-refractivity contribution in [2.45, 2.75) is 70.5 Å². The molecule has 1 saturated carbocycles. The van der Waals surface area contributed by atoms with Crippen LogP contribution in [-0.4, -0.2) is 129 Å². The van der Waals surface area contributed by atoms with Crippen molar-refractivity contribution in [1.82, 2.24) is 35.0 Å². The fourth-order valence-electron chi connectivity index (χ4n) is 10.1. The zero-order chi connectivity index (χ0) is 48.7. The molecule has 18 nitrogen and oxygen atoms in total. The lowest BCUT2D eigenvalue weighted by molar-refractivity contribution is -0.136. The number of fused-ring (bicyclic) bond motifs is 2. The minimum atomic E-state index is -1.17. The van der Waals surface area contributed by atoms with Gasteiger partial charge in [-0.15, -0.1) is 0 Å². The summed E-state index contributed by atoms with van der Waals surface area (Å²) in [7, 11) is 0. The minimum absolute atomic E-state index is 0.0576. The van der Waals surface area contributed by atoms with Crippen molar-refractivity contribution in [3.8, 4) is 11.5 Å². The largest absolute Gasteiger partial charge is 0.457 e. The molecule has 0 spiro atoms. The van der Waals surface area contributed by atoms with Crippen molar-refractivity contribution in [2.24, 2.45) is 11.3 Å². The van der Waals surface area contributed by atoms with E-state index in [0.717, 1.165) is 67.2 Å². The van der Waals surface area contributed by atoms with Gasteiger partial charge in [0.25, 0.3) is 11.8 Å². The predicted octanol–water partition coefficient (Wildman–Crippen LogP) is 5.44. The lowest BCUT2D eigenvalue weighted by Crippen LogP contribution is -2.58. The maximum Gasteiger partial charge on any atom is 0.266 e. The molecule has 6 amide bonds. The Morgan fingerprint density at radius 3 is 2.19 bits per heavy atom. The first-order chi connectivity index (χ1) is 33.8. The molecule has 0 bridgehead atoms. The molecule has 0 radical (unpaired) electrons. The van der Waals surface area contributed by atoms with Crippen LogP contribution < -0.4 is 30.9 Å². The first-order valence-electron chi connectivity index (χ1n) is 23.9. The molecule has 4 aliphatic heterocycles. The van der Waals surface area contributed by atoms with Crippen LogP contribution in [0.5, 0.6) is 11.5 Å². The molecule has 3 atom stereocenters. The summed E-state index contributed by atoms with van der Waals surface area (Å²) in [6, 6.07) is 17.3. The second kappa shape index (κ2) is 19.2. The fourth-order valence-corrected chi connectivity index (χ4v) is 10.1. The summed E-state index contributed by atoms with van der Waals surface area (Å²) in [4.78, 5) is 99.4. The number of carbonyl (C=O) groups excluding carboxylic acids is 6. The average molecular weight is 952 g/mol. The molecule has 3 aromatic heterocycles. The number of rotatable bonds is 14. The van der Waals surface area contributed by atoms with Crippen LogP contribution in [0.15, 0.2) is 85.3 Å². The second-order valence-electron chi connectivity index (χ2n) is 19.0. The SMILES string of the molecule is C[C@@H]1CN(CC2CCN(c3cc4nccc(Oc5ccc(NC(=O)C6(C(=O)Nc7ccc(F)cc7)CC6)cc5)c4cn3)CC2)[C@@H](C)CN1CCNc1nccc2c1C(=O)N(C1CCC(=O)NC1=O)C2=O. The predicted molar refractivity (Wildman–Crippen MR) is 258 cm³/mol. The summed E-state index contributed by atoms with van der Waals surface area (Å²) in [5.74, 6) is -0.538. The van der Waals surface area contributed by atoms with Crippen molar-refractivity contribution in [1.29, 1.82) is 0 Å². The summed E-state index contributed by atoms with van der Waals surface area (Å²) in [6.07, 6.45) is 8.08. The van der Waals surface area contributed by atoms with Gasteiger partial charge in [0.05, 0.1) is 22.0 Å². The summed E-state index contributed by atoms with van der Waals surface area (Å²) < 4.78 is 19.6. The number of amides is 6. The van der Waals surface area contributed by atoms with Gasteiger partial charge < -0.3 is 25.6 Å². The van der Waals surface area contributed by atoms with E-state index >= 15 is 0 Å². The highest BCUT2D eigenvalue weighted by molar-refractivity contribution is 6.25. The molecule has 4 fully saturated rings. The van der Waals surface area contributed by atoms with Gasteiger partial charge in [-0.1, -0.05) is 0 Å². The zero-order valence-corrected chi connectivity index (χ0v) is 39.0. The number of halogens is 1. The second-order valence-corrected chi connectivity index (χ2v) is 19.0. The number of hydrogen-bond donors (Lipinski definition) is 4. The number of benzene rings is 2. The Balaban J connectivity index is 0.679. The molecule has 10 rings (SSSR count). The number of nitrogens with one attached hydrogen (secondary N) is 4. The van der Waals surface area contributed by atoms with Gasteiger partial charge >= 0.3 is 0 Å². The zero-order valence-electron chi connectivity index (χ0n) is 39.0. The molecule has 70 heavy (non-hydrogen) atoms. The van der Waals surface area contributed by atoms with Crippen LogP contribution in [0.2, 0.25) is 0 Å². The lowest BCUT2D eigenvalue weighted by atomic mass is 9.94. The van der Waals surface area contributed by atoms with Crippen LogP contribution >= 0.6 is 0 Å². The van der Waals surface area contributed by atoms with Crippen LogP contribution in [-0.2, 0) is 19.2 Å². The number of aromatic nitrogens is 3. The Bertz CT molecular complexity index is 2870. The number of piperidine rings is 2. The summed E-state index contributed by atoms with van der Waals surface area (Å²) in [5.41, 5.74) is 0.905. The van der Waals surface area contributed by atoms with Crippen LogP contribution in [0.1, 0.15) is 73.1 Å². The standard InChI is InChI=1S/C51H54FN11O7/c1-30-28-62(31(2)27-61(30)24-21-55-45-44-37(13-19-54-45)47(66)63(48(44)67)40-11-12-43(64)59-46(40)65)29-32-15-22-60(23-16-32)42-25-39-38(26-56-42)41(14-20-53-39)70-36-9-7-35(8-10-36)58-50(69)51(17-18-51)49(68)57-34-5-3-33(52)4-6-34/h3-10,13-14,19-20,25-26,30-32,40H,11-12,15-18,21-24,27-29H2,1-2H3,(H,54,55)(H,57,68)(H,58,69)(H,59,64,65)/t30-,31+,40?/m1/s1. The van der Waals surface area contributed by atoms with Gasteiger partial charge in [-0.25, -0.2) is 14.4 Å². The molecule has 4 N–H and O–H groups in total. The fraction of sp³-hybridized carbons (Fsp3) is 0.392. The number of nitrogens with zero attached hydrogens (tertiary/aromatic N) is 7. The van der Waals surface area contributed by atoms with E-state index in [2.05, 4.69) is 59.8 Å². The molecule has 3 saturated heterocycles. The average Bonchev–Trinajstić information content (AvgIpc) is 4.14. The van der Waals surface area contributed by atoms with E-state index in [1.165, 1.54) is 36.5 Å². The Kier molecular flexibility index (Phi) is 12.7. The molecule has 1 unspecified atom stereocenters. The highest BCUT2D eigenvalue weighted by atomic mass is 19.1.